The zero-order chi connectivity index (χ0) is 19.7. The molecule has 0 spiro atoms. The number of aromatic nitrogens is 5. The highest BCUT2D eigenvalue weighted by Gasteiger charge is 2.21. The Morgan fingerprint density at radius 2 is 2.29 bits per heavy atom. The van der Waals surface area contributed by atoms with Crippen molar-refractivity contribution in [2.45, 2.75) is 6.42 Å². The Hall–Kier alpha value is -3.59. The lowest BCUT2D eigenvalue weighted by Gasteiger charge is -2.10. The number of carbonyl (C=O) groups is 1. The number of nitrogens with two attached hydrogens (primary N) is 1. The molecule has 4 aromatic rings. The molecule has 0 aliphatic carbocycles. The number of hydrogen-bond acceptors (Lipinski definition) is 6. The van der Waals surface area contributed by atoms with Gasteiger partial charge in [0.2, 0.25) is 0 Å². The first-order valence-corrected chi connectivity index (χ1v) is 8.69. The zero-order valence-electron chi connectivity index (χ0n) is 14.8. The van der Waals surface area contributed by atoms with Crippen molar-refractivity contribution in [3.05, 3.63) is 64.7 Å². The van der Waals surface area contributed by atoms with E-state index >= 15 is 0 Å². The Morgan fingerprint density at radius 1 is 1.43 bits per heavy atom. The summed E-state index contributed by atoms with van der Waals surface area (Å²) in [6.45, 7) is 0. The number of carbonyl (C=O) groups excluding carboxylic acids is 1. The van der Waals surface area contributed by atoms with Gasteiger partial charge in [-0.1, -0.05) is 11.6 Å². The molecule has 0 saturated carbocycles. The highest BCUT2D eigenvalue weighted by molar-refractivity contribution is 6.30. The van der Waals surface area contributed by atoms with Gasteiger partial charge in [0.05, 0.1) is 24.7 Å². The second kappa shape index (κ2) is 7.20. The van der Waals surface area contributed by atoms with Crippen LogP contribution in [0.1, 0.15) is 21.6 Å². The molecular weight excluding hydrogens is 382 g/mol. The lowest BCUT2D eigenvalue weighted by atomic mass is 10.1. The van der Waals surface area contributed by atoms with Crippen LogP contribution in [0.4, 0.5) is 11.5 Å². The van der Waals surface area contributed by atoms with Crippen LogP contribution in [-0.4, -0.2) is 37.8 Å². The van der Waals surface area contributed by atoms with E-state index in [1.807, 2.05) is 0 Å². The van der Waals surface area contributed by atoms with Gasteiger partial charge >= 0.3 is 0 Å². The molecule has 4 rings (SSSR count). The molecule has 9 nitrogen and oxygen atoms in total. The van der Waals surface area contributed by atoms with Gasteiger partial charge in [0.1, 0.15) is 11.3 Å². The van der Waals surface area contributed by atoms with Crippen LogP contribution >= 0.6 is 11.6 Å². The maximum atomic E-state index is 12.8. The molecule has 0 aliphatic rings. The fraction of sp³-hybridized carbons (Fsp3) is 0.111. The van der Waals surface area contributed by atoms with Gasteiger partial charge in [-0.05, 0) is 24.3 Å². The third kappa shape index (κ3) is 3.23. The standard InChI is InChI=1S/C18H16ClN7O2/c1-28-14-4-3-11(19)7-10(14)8-12-13(9-22-24-12)23-18(27)15-16(20)25-26-6-2-5-21-17(15)26/h2-7,9H,8H2,1H3,(H2,20,25)(H,22,24)(H,23,27). The molecule has 0 atom stereocenters. The topological polar surface area (TPSA) is 123 Å². The first kappa shape index (κ1) is 17.8. The minimum absolute atomic E-state index is 0.0951. The van der Waals surface area contributed by atoms with E-state index in [9.17, 15) is 4.79 Å². The van der Waals surface area contributed by atoms with Crippen molar-refractivity contribution in [1.29, 1.82) is 0 Å². The fourth-order valence-electron chi connectivity index (χ4n) is 2.94. The van der Waals surface area contributed by atoms with Crippen molar-refractivity contribution in [1.82, 2.24) is 24.8 Å². The smallest absolute Gasteiger partial charge is 0.263 e. The predicted molar refractivity (Wildman–Crippen MR) is 105 cm³/mol. The number of nitrogens with zero attached hydrogens (tertiary/aromatic N) is 4. The highest BCUT2D eigenvalue weighted by atomic mass is 35.5. The largest absolute Gasteiger partial charge is 0.496 e. The van der Waals surface area contributed by atoms with Gasteiger partial charge in [0.25, 0.3) is 5.91 Å². The quantitative estimate of drug-likeness (QED) is 0.475. The summed E-state index contributed by atoms with van der Waals surface area (Å²) in [7, 11) is 1.59. The lowest BCUT2D eigenvalue weighted by molar-refractivity contribution is 0.102. The molecule has 0 bridgehead atoms. The molecule has 3 aromatic heterocycles. The maximum Gasteiger partial charge on any atom is 0.263 e. The molecule has 3 heterocycles. The molecule has 1 aromatic carbocycles. The number of methoxy groups -OCH3 is 1. The van der Waals surface area contributed by atoms with Crippen molar-refractivity contribution < 1.29 is 9.53 Å². The van der Waals surface area contributed by atoms with Crippen LogP contribution < -0.4 is 15.8 Å². The van der Waals surface area contributed by atoms with Crippen LogP contribution in [-0.2, 0) is 6.42 Å². The Bertz CT molecular complexity index is 1170. The minimum atomic E-state index is -0.424. The molecule has 142 valence electrons. The first-order valence-electron chi connectivity index (χ1n) is 8.31. The Balaban J connectivity index is 1.62. The summed E-state index contributed by atoms with van der Waals surface area (Å²) in [4.78, 5) is 17.0. The number of nitrogen functional groups attached to an aromatic ring is 1. The van der Waals surface area contributed by atoms with Crippen molar-refractivity contribution in [2.24, 2.45) is 0 Å². The lowest BCUT2D eigenvalue weighted by Crippen LogP contribution is -2.14. The number of aromatic amines is 1. The van der Waals surface area contributed by atoms with Crippen molar-refractivity contribution in [2.75, 3.05) is 18.2 Å². The molecule has 0 saturated heterocycles. The minimum Gasteiger partial charge on any atom is -0.496 e. The van der Waals surface area contributed by atoms with Crippen LogP contribution in [0.2, 0.25) is 5.02 Å². The number of anilines is 2. The van der Waals surface area contributed by atoms with Crippen LogP contribution in [0.25, 0.3) is 5.65 Å². The Kier molecular flexibility index (Phi) is 4.58. The second-order valence-electron chi connectivity index (χ2n) is 6.00. The van der Waals surface area contributed by atoms with Crippen LogP contribution in [0.15, 0.2) is 42.9 Å². The summed E-state index contributed by atoms with van der Waals surface area (Å²) in [5.41, 5.74) is 8.55. The number of halogens is 1. The molecule has 1 amide bonds. The first-order chi connectivity index (χ1) is 13.6. The Morgan fingerprint density at radius 3 is 3.11 bits per heavy atom. The summed E-state index contributed by atoms with van der Waals surface area (Å²) in [5.74, 6) is 0.358. The number of fused-ring (bicyclic) bond motifs is 1. The number of hydrogen-bond donors (Lipinski definition) is 3. The molecule has 0 fully saturated rings. The predicted octanol–water partition coefficient (Wildman–Crippen LogP) is 2.54. The van der Waals surface area contributed by atoms with Gasteiger partial charge in [-0.3, -0.25) is 9.89 Å². The number of benzene rings is 1. The van der Waals surface area contributed by atoms with Gasteiger partial charge < -0.3 is 15.8 Å². The van der Waals surface area contributed by atoms with Crippen molar-refractivity contribution >= 4 is 34.7 Å². The summed E-state index contributed by atoms with van der Waals surface area (Å²) < 4.78 is 6.83. The highest BCUT2D eigenvalue weighted by Crippen LogP contribution is 2.27. The summed E-state index contributed by atoms with van der Waals surface area (Å²) in [6.07, 6.45) is 5.20. The van der Waals surface area contributed by atoms with Gasteiger partial charge in [-0.2, -0.15) is 5.10 Å². The fourth-order valence-corrected chi connectivity index (χ4v) is 3.13. The Labute approximate surface area is 164 Å². The maximum absolute atomic E-state index is 12.8. The number of H-pyrrole nitrogens is 1. The molecule has 4 N–H and O–H groups in total. The third-order valence-electron chi connectivity index (χ3n) is 4.23. The number of nitrogens with one attached hydrogen (secondary N) is 2. The van der Waals surface area contributed by atoms with E-state index in [0.717, 1.165) is 5.56 Å². The van der Waals surface area contributed by atoms with Crippen LogP contribution in [0, 0.1) is 0 Å². The average molecular weight is 398 g/mol. The van der Waals surface area contributed by atoms with Crippen molar-refractivity contribution in [3.63, 3.8) is 0 Å². The normalized spacial score (nSPS) is 10.9. The van der Waals surface area contributed by atoms with Crippen LogP contribution in [0.5, 0.6) is 5.75 Å². The van der Waals surface area contributed by atoms with Gasteiger partial charge in [-0.15, -0.1) is 5.10 Å². The third-order valence-corrected chi connectivity index (χ3v) is 4.46. The molecule has 0 unspecified atom stereocenters. The number of rotatable bonds is 5. The molecular formula is C18H16ClN7O2. The van der Waals surface area contributed by atoms with E-state index in [0.29, 0.717) is 34.2 Å². The van der Waals surface area contributed by atoms with E-state index in [4.69, 9.17) is 22.1 Å². The van der Waals surface area contributed by atoms with E-state index < -0.39 is 5.91 Å². The number of amides is 1. The van der Waals surface area contributed by atoms with E-state index in [-0.39, 0.29) is 11.4 Å². The van der Waals surface area contributed by atoms with E-state index in [1.165, 1.54) is 10.7 Å². The van der Waals surface area contributed by atoms with Gasteiger partial charge in [-0.25, -0.2) is 9.50 Å². The summed E-state index contributed by atoms with van der Waals surface area (Å²) in [5, 5.41) is 14.4. The van der Waals surface area contributed by atoms with Crippen LogP contribution in [0.3, 0.4) is 0 Å². The molecule has 0 radical (unpaired) electrons. The monoisotopic (exact) mass is 397 g/mol. The zero-order valence-corrected chi connectivity index (χ0v) is 15.6. The van der Waals surface area contributed by atoms with Crippen molar-refractivity contribution in [3.8, 4) is 5.75 Å². The second-order valence-corrected chi connectivity index (χ2v) is 6.43. The average Bonchev–Trinajstić information content (AvgIpc) is 3.24. The van der Waals surface area contributed by atoms with Gasteiger partial charge in [0.15, 0.2) is 11.5 Å². The summed E-state index contributed by atoms with van der Waals surface area (Å²) in [6, 6.07) is 7.05. The number of ether oxygens (including phenoxy) is 1. The molecule has 10 heteroatoms. The van der Waals surface area contributed by atoms with E-state index in [1.54, 1.807) is 43.8 Å². The SMILES string of the molecule is COc1ccc(Cl)cc1Cc1[nH]ncc1NC(=O)c1c(N)nn2cccnc12. The van der Waals surface area contributed by atoms with Gasteiger partial charge in [0, 0.05) is 29.4 Å². The molecule has 0 aliphatic heterocycles. The molecule has 28 heavy (non-hydrogen) atoms. The van der Waals surface area contributed by atoms with E-state index in [2.05, 4.69) is 25.6 Å². The summed E-state index contributed by atoms with van der Waals surface area (Å²) >= 11 is 6.10.